The van der Waals surface area contributed by atoms with Gasteiger partial charge < -0.3 is 14.5 Å². The van der Waals surface area contributed by atoms with E-state index in [-0.39, 0.29) is 0 Å². The maximum Gasteiger partial charge on any atom is 0.160 e. The van der Waals surface area contributed by atoms with Crippen LogP contribution in [0.15, 0.2) is 40.9 Å². The Morgan fingerprint density at radius 2 is 1.92 bits per heavy atom. The first-order chi connectivity index (χ1) is 12.2. The monoisotopic (exact) mass is 399 g/mol. The highest BCUT2D eigenvalue weighted by Crippen LogP contribution is 2.39. The second-order valence-electron chi connectivity index (χ2n) is 6.69. The van der Waals surface area contributed by atoms with E-state index in [9.17, 15) is 0 Å². The molecule has 1 aliphatic rings. The molecule has 0 amide bonds. The van der Waals surface area contributed by atoms with Crippen molar-refractivity contribution in [2.45, 2.75) is 31.6 Å². The molecule has 0 aliphatic heterocycles. The Morgan fingerprint density at radius 3 is 2.72 bits per heavy atom. The van der Waals surface area contributed by atoms with Gasteiger partial charge in [-0.15, -0.1) is 0 Å². The summed E-state index contributed by atoms with van der Waals surface area (Å²) in [5.41, 5.74) is 5.44. The van der Waals surface area contributed by atoms with Crippen molar-refractivity contribution >= 4 is 26.8 Å². The van der Waals surface area contributed by atoms with E-state index >= 15 is 0 Å². The van der Waals surface area contributed by atoms with E-state index in [0.717, 1.165) is 28.8 Å². The van der Waals surface area contributed by atoms with Gasteiger partial charge in [-0.2, -0.15) is 0 Å². The Hall–Kier alpha value is -1.94. The molecule has 0 fully saturated rings. The summed E-state index contributed by atoms with van der Waals surface area (Å²) in [4.78, 5) is 3.69. The van der Waals surface area contributed by atoms with Gasteiger partial charge in [0.1, 0.15) is 0 Å². The molecule has 4 heteroatoms. The van der Waals surface area contributed by atoms with Gasteiger partial charge in [-0.1, -0.05) is 22.0 Å². The fourth-order valence-electron chi connectivity index (χ4n) is 4.02. The largest absolute Gasteiger partial charge is 0.493 e. The molecule has 4 rings (SSSR count). The number of aryl methyl sites for hydroxylation is 1. The summed E-state index contributed by atoms with van der Waals surface area (Å²) in [6.45, 7) is 0. The van der Waals surface area contributed by atoms with Gasteiger partial charge in [-0.3, -0.25) is 0 Å². The van der Waals surface area contributed by atoms with Crippen molar-refractivity contribution in [3.63, 3.8) is 0 Å². The van der Waals surface area contributed by atoms with Crippen LogP contribution in [-0.2, 0) is 12.8 Å². The maximum atomic E-state index is 5.46. The predicted molar refractivity (Wildman–Crippen MR) is 105 cm³/mol. The van der Waals surface area contributed by atoms with Crippen molar-refractivity contribution in [2.75, 3.05) is 14.2 Å². The number of hydrogen-bond acceptors (Lipinski definition) is 2. The average Bonchev–Trinajstić information content (AvgIpc) is 3.00. The van der Waals surface area contributed by atoms with Crippen LogP contribution in [0.2, 0.25) is 0 Å². The number of benzene rings is 2. The number of H-pyrrole nitrogens is 1. The third kappa shape index (κ3) is 3.04. The summed E-state index contributed by atoms with van der Waals surface area (Å²) in [5, 5.41) is 1.36. The summed E-state index contributed by atoms with van der Waals surface area (Å²) in [6, 6.07) is 12.8. The summed E-state index contributed by atoms with van der Waals surface area (Å²) in [5.74, 6) is 2.11. The smallest absolute Gasteiger partial charge is 0.160 e. The van der Waals surface area contributed by atoms with Crippen LogP contribution < -0.4 is 9.47 Å². The van der Waals surface area contributed by atoms with Crippen LogP contribution in [-0.4, -0.2) is 19.2 Å². The van der Waals surface area contributed by atoms with Crippen LogP contribution in [0.5, 0.6) is 11.5 Å². The molecule has 0 saturated heterocycles. The zero-order valence-electron chi connectivity index (χ0n) is 14.6. The summed E-state index contributed by atoms with van der Waals surface area (Å²) >= 11 is 3.60. The maximum absolute atomic E-state index is 5.46. The lowest BCUT2D eigenvalue weighted by molar-refractivity contribution is 0.354. The highest BCUT2D eigenvalue weighted by Gasteiger charge is 2.25. The molecule has 3 nitrogen and oxygen atoms in total. The lowest BCUT2D eigenvalue weighted by atomic mass is 9.83. The number of nitrogens with one attached hydrogen (secondary N) is 1. The molecule has 1 aromatic heterocycles. The third-order valence-corrected chi connectivity index (χ3v) is 5.71. The first-order valence-corrected chi connectivity index (χ1v) is 9.50. The highest BCUT2D eigenvalue weighted by molar-refractivity contribution is 9.10. The number of aromatic nitrogens is 1. The van der Waals surface area contributed by atoms with Gasteiger partial charge in [0.25, 0.3) is 0 Å². The number of fused-ring (bicyclic) bond motifs is 3. The number of hydrogen-bond donors (Lipinski definition) is 1. The lowest BCUT2D eigenvalue weighted by Crippen LogP contribution is -2.11. The standard InChI is InChI=1S/C21H22BrNO2/c1-24-19-9-6-13(11-20(19)25-2)10-14-4-3-5-16-17-12-15(22)7-8-18(17)23-21(14)16/h6-9,11-12,14,23H,3-5,10H2,1-2H3. The fraction of sp³-hybridized carbons (Fsp3) is 0.333. The minimum Gasteiger partial charge on any atom is -0.493 e. The molecule has 130 valence electrons. The zero-order chi connectivity index (χ0) is 17.4. The molecule has 1 unspecified atom stereocenters. The van der Waals surface area contributed by atoms with E-state index in [0.29, 0.717) is 5.92 Å². The van der Waals surface area contributed by atoms with E-state index in [1.54, 1.807) is 14.2 Å². The Kier molecular flexibility index (Phi) is 4.46. The van der Waals surface area contributed by atoms with Crippen LogP contribution in [0.4, 0.5) is 0 Å². The minimum absolute atomic E-state index is 0.521. The number of aromatic amines is 1. The van der Waals surface area contributed by atoms with Gasteiger partial charge in [-0.05, 0) is 67.1 Å². The normalized spacial score (nSPS) is 16.7. The van der Waals surface area contributed by atoms with Crippen molar-refractivity contribution in [3.8, 4) is 11.5 Å². The Morgan fingerprint density at radius 1 is 1.08 bits per heavy atom. The van der Waals surface area contributed by atoms with E-state index in [4.69, 9.17) is 9.47 Å². The Bertz CT molecular complexity index is 916. The highest BCUT2D eigenvalue weighted by atomic mass is 79.9. The van der Waals surface area contributed by atoms with Gasteiger partial charge in [0, 0.05) is 27.0 Å². The van der Waals surface area contributed by atoms with Crippen molar-refractivity contribution in [3.05, 3.63) is 57.7 Å². The number of methoxy groups -OCH3 is 2. The molecule has 1 N–H and O–H groups in total. The topological polar surface area (TPSA) is 34.2 Å². The molecule has 25 heavy (non-hydrogen) atoms. The molecule has 1 aliphatic carbocycles. The molecule has 0 saturated carbocycles. The molecule has 0 radical (unpaired) electrons. The minimum atomic E-state index is 0.521. The van der Waals surface area contributed by atoms with Crippen LogP contribution in [0.1, 0.15) is 35.6 Å². The third-order valence-electron chi connectivity index (χ3n) is 5.22. The Balaban J connectivity index is 1.68. The van der Waals surface area contributed by atoms with Gasteiger partial charge in [-0.25, -0.2) is 0 Å². The predicted octanol–water partition coefficient (Wildman–Crippen LogP) is 5.61. The van der Waals surface area contributed by atoms with Crippen molar-refractivity contribution in [1.82, 2.24) is 4.98 Å². The molecule has 0 spiro atoms. The second kappa shape index (κ2) is 6.75. The van der Waals surface area contributed by atoms with E-state index in [1.165, 1.54) is 40.6 Å². The fourth-order valence-corrected chi connectivity index (χ4v) is 4.39. The molecule has 0 bridgehead atoms. The SMILES string of the molecule is COc1ccc(CC2CCCc3c2[nH]c2ccc(Br)cc32)cc1OC. The molecule has 2 aromatic carbocycles. The van der Waals surface area contributed by atoms with Crippen LogP contribution in [0.3, 0.4) is 0 Å². The summed E-state index contributed by atoms with van der Waals surface area (Å²) in [6.07, 6.45) is 4.63. The molecule has 1 heterocycles. The second-order valence-corrected chi connectivity index (χ2v) is 7.61. The number of ether oxygens (including phenoxy) is 2. The van der Waals surface area contributed by atoms with Crippen molar-refractivity contribution in [1.29, 1.82) is 0 Å². The van der Waals surface area contributed by atoms with E-state index in [2.05, 4.69) is 51.2 Å². The zero-order valence-corrected chi connectivity index (χ0v) is 16.2. The average molecular weight is 400 g/mol. The van der Waals surface area contributed by atoms with Crippen molar-refractivity contribution in [2.24, 2.45) is 0 Å². The van der Waals surface area contributed by atoms with Crippen LogP contribution in [0, 0.1) is 0 Å². The number of rotatable bonds is 4. The van der Waals surface area contributed by atoms with Crippen molar-refractivity contribution < 1.29 is 9.47 Å². The summed E-state index contributed by atoms with van der Waals surface area (Å²) in [7, 11) is 3.36. The van der Waals surface area contributed by atoms with Gasteiger partial charge in [0.05, 0.1) is 14.2 Å². The van der Waals surface area contributed by atoms with E-state index < -0.39 is 0 Å². The van der Waals surface area contributed by atoms with Crippen LogP contribution >= 0.6 is 15.9 Å². The quantitative estimate of drug-likeness (QED) is 0.618. The van der Waals surface area contributed by atoms with Gasteiger partial charge in [0.2, 0.25) is 0 Å². The molecule has 3 aromatic rings. The molecular formula is C21H22BrNO2. The van der Waals surface area contributed by atoms with Crippen LogP contribution in [0.25, 0.3) is 10.9 Å². The summed E-state index contributed by atoms with van der Waals surface area (Å²) < 4.78 is 12.0. The number of halogens is 1. The van der Waals surface area contributed by atoms with Gasteiger partial charge in [0.15, 0.2) is 11.5 Å². The first kappa shape index (κ1) is 16.5. The van der Waals surface area contributed by atoms with E-state index in [1.807, 2.05) is 6.07 Å². The Labute approximate surface area is 156 Å². The van der Waals surface area contributed by atoms with Gasteiger partial charge >= 0.3 is 0 Å². The molecular weight excluding hydrogens is 378 g/mol. The molecule has 1 atom stereocenters. The first-order valence-electron chi connectivity index (χ1n) is 8.70. The lowest BCUT2D eigenvalue weighted by Gasteiger charge is -2.23.